The number of carbonyl (C=O) groups excluding carboxylic acids is 1. The van der Waals surface area contributed by atoms with Gasteiger partial charge in [0.05, 0.1) is 6.10 Å². The zero-order chi connectivity index (χ0) is 9.56. The third-order valence-corrected chi connectivity index (χ3v) is 1.51. The second-order valence-electron chi connectivity index (χ2n) is 2.79. The maximum absolute atomic E-state index is 10.9. The molecular formula is C8H17NO3. The Bertz CT molecular complexity index is 138. The Hall–Kier alpha value is -0.610. The summed E-state index contributed by atoms with van der Waals surface area (Å²) in [5.74, 6) is -0.626. The zero-order valence-electron chi connectivity index (χ0n) is 7.62. The van der Waals surface area contributed by atoms with E-state index in [2.05, 4.69) is 0 Å². The van der Waals surface area contributed by atoms with Crippen molar-refractivity contribution in [3.63, 3.8) is 0 Å². The van der Waals surface area contributed by atoms with Gasteiger partial charge in [-0.1, -0.05) is 13.3 Å². The van der Waals surface area contributed by atoms with Crippen LogP contribution in [0, 0.1) is 0 Å². The molecule has 0 bridgehead atoms. The normalized spacial score (nSPS) is 15.3. The minimum absolute atomic E-state index is 0.0856. The van der Waals surface area contributed by atoms with E-state index < -0.39 is 12.1 Å². The third kappa shape index (κ3) is 4.31. The Labute approximate surface area is 72.7 Å². The van der Waals surface area contributed by atoms with Gasteiger partial charge in [0.25, 0.3) is 0 Å². The van der Waals surface area contributed by atoms with Crippen LogP contribution in [0.4, 0.5) is 0 Å². The monoisotopic (exact) mass is 175 g/mol. The highest BCUT2D eigenvalue weighted by Crippen LogP contribution is 2.02. The van der Waals surface area contributed by atoms with Crippen molar-refractivity contribution in [2.75, 3.05) is 6.54 Å². The van der Waals surface area contributed by atoms with E-state index in [9.17, 15) is 4.79 Å². The molecule has 0 aliphatic rings. The molecule has 0 radical (unpaired) electrons. The van der Waals surface area contributed by atoms with Gasteiger partial charge in [-0.15, -0.1) is 0 Å². The van der Waals surface area contributed by atoms with Crippen LogP contribution in [0.15, 0.2) is 0 Å². The van der Waals surface area contributed by atoms with Gasteiger partial charge in [-0.3, -0.25) is 0 Å². The maximum Gasteiger partial charge on any atom is 0.336 e. The fourth-order valence-electron chi connectivity index (χ4n) is 0.839. The van der Waals surface area contributed by atoms with E-state index in [1.165, 1.54) is 0 Å². The molecule has 0 heterocycles. The molecule has 4 nitrogen and oxygen atoms in total. The number of aliphatic hydroxyl groups is 1. The van der Waals surface area contributed by atoms with Crippen LogP contribution in [0.1, 0.15) is 26.7 Å². The van der Waals surface area contributed by atoms with Crippen LogP contribution < -0.4 is 5.73 Å². The van der Waals surface area contributed by atoms with E-state index >= 15 is 0 Å². The minimum atomic E-state index is -1.18. The molecule has 2 unspecified atom stereocenters. The summed E-state index contributed by atoms with van der Waals surface area (Å²) in [6.45, 7) is 3.71. The standard InChI is InChI=1S/C8H17NO3/c1-3-4-6(2)12-8(11)7(10)5-9/h6-7,10H,3-5,9H2,1-2H3. The van der Waals surface area contributed by atoms with Crippen molar-refractivity contribution in [1.29, 1.82) is 0 Å². The van der Waals surface area contributed by atoms with Gasteiger partial charge in [-0.05, 0) is 13.3 Å². The van der Waals surface area contributed by atoms with Crippen LogP contribution in [-0.4, -0.2) is 29.8 Å². The predicted molar refractivity (Wildman–Crippen MR) is 45.5 cm³/mol. The number of rotatable bonds is 5. The average Bonchev–Trinajstić information content (AvgIpc) is 2.03. The Kier molecular flexibility index (Phi) is 5.66. The quantitative estimate of drug-likeness (QED) is 0.578. The van der Waals surface area contributed by atoms with Crippen LogP contribution in [0.3, 0.4) is 0 Å². The molecule has 0 aromatic heterocycles. The average molecular weight is 175 g/mol. The first-order valence-corrected chi connectivity index (χ1v) is 4.20. The van der Waals surface area contributed by atoms with Crippen LogP contribution in [0.5, 0.6) is 0 Å². The van der Waals surface area contributed by atoms with Crippen LogP contribution in [-0.2, 0) is 9.53 Å². The summed E-state index contributed by atoms with van der Waals surface area (Å²) in [7, 11) is 0. The first kappa shape index (κ1) is 11.4. The lowest BCUT2D eigenvalue weighted by molar-refractivity contribution is -0.157. The molecule has 4 heteroatoms. The van der Waals surface area contributed by atoms with Crippen molar-refractivity contribution in [2.45, 2.75) is 38.9 Å². The lowest BCUT2D eigenvalue weighted by atomic mass is 10.2. The number of carbonyl (C=O) groups is 1. The van der Waals surface area contributed by atoms with E-state index in [1.807, 2.05) is 6.92 Å². The van der Waals surface area contributed by atoms with E-state index in [0.717, 1.165) is 12.8 Å². The number of nitrogens with two attached hydrogens (primary N) is 1. The summed E-state index contributed by atoms with van der Waals surface area (Å²) in [4.78, 5) is 10.9. The molecule has 0 fully saturated rings. The molecule has 0 rings (SSSR count). The van der Waals surface area contributed by atoms with Crippen molar-refractivity contribution >= 4 is 5.97 Å². The molecule has 0 saturated carbocycles. The molecule has 2 atom stereocenters. The van der Waals surface area contributed by atoms with E-state index in [1.54, 1.807) is 6.92 Å². The highest BCUT2D eigenvalue weighted by molar-refractivity contribution is 5.74. The fraction of sp³-hybridized carbons (Fsp3) is 0.875. The Morgan fingerprint density at radius 1 is 1.67 bits per heavy atom. The molecule has 0 aliphatic heterocycles. The van der Waals surface area contributed by atoms with E-state index in [0.29, 0.717) is 0 Å². The largest absolute Gasteiger partial charge is 0.461 e. The van der Waals surface area contributed by atoms with Crippen molar-refractivity contribution in [3.8, 4) is 0 Å². The summed E-state index contributed by atoms with van der Waals surface area (Å²) in [6, 6.07) is 0. The Balaban J connectivity index is 3.67. The number of ether oxygens (including phenoxy) is 1. The molecule has 0 saturated heterocycles. The highest BCUT2D eigenvalue weighted by atomic mass is 16.6. The zero-order valence-corrected chi connectivity index (χ0v) is 7.62. The number of esters is 1. The molecular weight excluding hydrogens is 158 g/mol. The van der Waals surface area contributed by atoms with Gasteiger partial charge in [0.1, 0.15) is 0 Å². The van der Waals surface area contributed by atoms with Crippen LogP contribution >= 0.6 is 0 Å². The number of aliphatic hydroxyl groups excluding tert-OH is 1. The molecule has 0 aliphatic carbocycles. The summed E-state index contributed by atoms with van der Waals surface area (Å²) < 4.78 is 4.87. The first-order valence-electron chi connectivity index (χ1n) is 4.20. The lowest BCUT2D eigenvalue weighted by Crippen LogP contribution is -2.32. The van der Waals surface area contributed by atoms with Gasteiger partial charge < -0.3 is 15.6 Å². The molecule has 12 heavy (non-hydrogen) atoms. The Morgan fingerprint density at radius 2 is 2.25 bits per heavy atom. The van der Waals surface area contributed by atoms with Gasteiger partial charge in [0.15, 0.2) is 6.10 Å². The van der Waals surface area contributed by atoms with Crippen LogP contribution in [0.25, 0.3) is 0 Å². The summed E-state index contributed by atoms with van der Waals surface area (Å²) in [6.07, 6.45) is 0.448. The summed E-state index contributed by atoms with van der Waals surface area (Å²) in [5, 5.41) is 8.94. The molecule has 3 N–H and O–H groups in total. The third-order valence-electron chi connectivity index (χ3n) is 1.51. The number of hydrogen-bond acceptors (Lipinski definition) is 4. The minimum Gasteiger partial charge on any atom is -0.461 e. The molecule has 0 aromatic carbocycles. The molecule has 0 aromatic rings. The van der Waals surface area contributed by atoms with E-state index in [4.69, 9.17) is 15.6 Å². The molecule has 0 spiro atoms. The SMILES string of the molecule is CCCC(C)OC(=O)C(O)CN. The number of hydrogen-bond donors (Lipinski definition) is 2. The molecule has 72 valence electrons. The van der Waals surface area contributed by atoms with Gasteiger partial charge >= 0.3 is 5.97 Å². The van der Waals surface area contributed by atoms with Gasteiger partial charge in [0.2, 0.25) is 0 Å². The van der Waals surface area contributed by atoms with E-state index in [-0.39, 0.29) is 12.6 Å². The van der Waals surface area contributed by atoms with Gasteiger partial charge in [-0.2, -0.15) is 0 Å². The van der Waals surface area contributed by atoms with Gasteiger partial charge in [-0.25, -0.2) is 4.79 Å². The second-order valence-corrected chi connectivity index (χ2v) is 2.79. The predicted octanol–water partition coefficient (Wildman–Crippen LogP) is 0.0378. The van der Waals surface area contributed by atoms with Crippen molar-refractivity contribution in [2.24, 2.45) is 5.73 Å². The van der Waals surface area contributed by atoms with Crippen molar-refractivity contribution in [1.82, 2.24) is 0 Å². The summed E-state index contributed by atoms with van der Waals surface area (Å²) >= 11 is 0. The smallest absolute Gasteiger partial charge is 0.336 e. The topological polar surface area (TPSA) is 72.5 Å². The van der Waals surface area contributed by atoms with Crippen molar-refractivity contribution < 1.29 is 14.6 Å². The maximum atomic E-state index is 10.9. The molecule has 0 amide bonds. The Morgan fingerprint density at radius 3 is 2.67 bits per heavy atom. The van der Waals surface area contributed by atoms with Crippen LogP contribution in [0.2, 0.25) is 0 Å². The fourth-order valence-corrected chi connectivity index (χ4v) is 0.839. The first-order chi connectivity index (χ1) is 5.61. The van der Waals surface area contributed by atoms with Gasteiger partial charge in [0, 0.05) is 6.54 Å². The second kappa shape index (κ2) is 5.97. The van der Waals surface area contributed by atoms with Crippen molar-refractivity contribution in [3.05, 3.63) is 0 Å². The lowest BCUT2D eigenvalue weighted by Gasteiger charge is -2.14. The summed E-state index contributed by atoms with van der Waals surface area (Å²) in [5.41, 5.74) is 5.07. The highest BCUT2D eigenvalue weighted by Gasteiger charge is 2.16.